The van der Waals surface area contributed by atoms with Crippen LogP contribution in [0.25, 0.3) is 11.2 Å². The Bertz CT molecular complexity index is 1500. The number of aromatic nitrogens is 4. The number of aryl methyl sites for hydroxylation is 1. The van der Waals surface area contributed by atoms with Gasteiger partial charge in [0.05, 0.1) is 29.7 Å². The number of anilines is 5. The molecule has 13 heteroatoms. The summed E-state index contributed by atoms with van der Waals surface area (Å²) in [6.45, 7) is 5.90. The first-order chi connectivity index (χ1) is 16.8. The summed E-state index contributed by atoms with van der Waals surface area (Å²) >= 11 is 2.27. The predicted octanol–water partition coefficient (Wildman–Crippen LogP) is 5.68. The Morgan fingerprint density at radius 3 is 2.34 bits per heavy atom. The van der Waals surface area contributed by atoms with Gasteiger partial charge in [0.2, 0.25) is 10.0 Å². The van der Waals surface area contributed by atoms with Gasteiger partial charge in [-0.2, -0.15) is 5.26 Å². The highest BCUT2D eigenvalue weighted by Gasteiger charge is 2.16. The van der Waals surface area contributed by atoms with Crippen molar-refractivity contribution in [2.24, 2.45) is 0 Å². The van der Waals surface area contributed by atoms with Crippen LogP contribution >= 0.6 is 28.4 Å². The van der Waals surface area contributed by atoms with Crippen molar-refractivity contribution in [1.82, 2.24) is 19.3 Å². The molecule has 10 nitrogen and oxygen atoms in total. The van der Waals surface area contributed by atoms with Crippen LogP contribution < -0.4 is 15.4 Å². The number of sulfonamides is 1. The summed E-state index contributed by atoms with van der Waals surface area (Å²) in [6.07, 6.45) is 1.48. The van der Waals surface area contributed by atoms with Gasteiger partial charge < -0.3 is 10.6 Å². The average molecular weight is 622 g/mol. The minimum absolute atomic E-state index is 0.287. The van der Waals surface area contributed by atoms with Crippen LogP contribution in [-0.4, -0.2) is 34.0 Å². The van der Waals surface area contributed by atoms with Gasteiger partial charge in [-0.3, -0.25) is 9.06 Å². The zero-order valence-corrected chi connectivity index (χ0v) is 23.4. The molecule has 1 unspecified atom stereocenters. The number of rotatable bonds is 7. The summed E-state index contributed by atoms with van der Waals surface area (Å²) in [4.78, 5) is 13.6. The molecule has 0 amide bonds. The van der Waals surface area contributed by atoms with Crippen LogP contribution in [0.3, 0.4) is 0 Å². The average Bonchev–Trinajstić information content (AvgIpc) is 3.16. The Hall–Kier alpha value is -3.01. The summed E-state index contributed by atoms with van der Waals surface area (Å²) < 4.78 is 28.1. The number of hydrogen-bond acceptors (Lipinski definition) is 8. The van der Waals surface area contributed by atoms with Crippen molar-refractivity contribution >= 4 is 78.3 Å². The van der Waals surface area contributed by atoms with Gasteiger partial charge >= 0.3 is 0 Å². The van der Waals surface area contributed by atoms with E-state index in [1.807, 2.05) is 31.2 Å². The highest BCUT2D eigenvalue weighted by molar-refractivity contribution is 14.2. The number of nitriles is 1. The molecular weight excluding hydrogens is 598 g/mol. The Morgan fingerprint density at radius 2 is 1.69 bits per heavy atom. The van der Waals surface area contributed by atoms with Crippen molar-refractivity contribution in [1.29, 1.82) is 5.26 Å². The minimum Gasteiger partial charge on any atom is -0.352 e. The quantitative estimate of drug-likeness (QED) is 0.177. The number of nitrogens with zero attached hydrogens (tertiary/aromatic N) is 5. The number of benzene rings is 1. The van der Waals surface area contributed by atoms with Crippen LogP contribution in [0, 0.1) is 18.3 Å². The molecule has 1 aromatic carbocycles. The number of fused-ring (bicyclic) bond motifs is 1. The first-order valence-corrected chi connectivity index (χ1v) is 16.5. The van der Waals surface area contributed by atoms with E-state index >= 15 is 0 Å². The van der Waals surface area contributed by atoms with Crippen LogP contribution in [0.1, 0.15) is 25.4 Å². The van der Waals surface area contributed by atoms with Crippen LogP contribution in [0.4, 0.5) is 28.7 Å². The first-order valence-electron chi connectivity index (χ1n) is 10.5. The third-order valence-electron chi connectivity index (χ3n) is 4.48. The standard InChI is InChI=1S/C20H18IN8O2PS.C2H6/c1-12-23-19-16(25-14-7-3-4-8-15(14)28-33(2,30)31)10-18(27-20(19)29(12)32-21)26-17-9-5-6-13(11-22)24-17;1-2/h3-10,28,32H,1-2H3,(H2,24,25,26,27);1-2H3. The van der Waals surface area contributed by atoms with Crippen LogP contribution in [0.5, 0.6) is 0 Å². The Balaban J connectivity index is 0.00000167. The number of halogens is 1. The fraction of sp³-hybridized carbons (Fsp3) is 0.182. The van der Waals surface area contributed by atoms with Crippen LogP contribution in [0.15, 0.2) is 48.5 Å². The molecule has 0 radical (unpaired) electrons. The molecule has 0 fully saturated rings. The van der Waals surface area contributed by atoms with E-state index in [0.717, 1.165) is 12.1 Å². The minimum atomic E-state index is -3.47. The van der Waals surface area contributed by atoms with E-state index in [1.165, 1.54) is 0 Å². The summed E-state index contributed by atoms with van der Waals surface area (Å²) in [6, 6.07) is 15.9. The third-order valence-corrected chi connectivity index (χ3v) is 7.22. The molecule has 0 aliphatic carbocycles. The van der Waals surface area contributed by atoms with E-state index in [-0.39, 0.29) is 5.69 Å². The van der Waals surface area contributed by atoms with Gasteiger partial charge in [0, 0.05) is 6.07 Å². The van der Waals surface area contributed by atoms with Gasteiger partial charge in [-0.25, -0.2) is 23.4 Å². The van der Waals surface area contributed by atoms with Gasteiger partial charge in [0.25, 0.3) is 0 Å². The van der Waals surface area contributed by atoms with Crippen molar-refractivity contribution in [3.63, 3.8) is 0 Å². The summed E-state index contributed by atoms with van der Waals surface area (Å²) in [5, 5.41) is 15.6. The molecule has 0 saturated heterocycles. The maximum Gasteiger partial charge on any atom is 0.229 e. The number of nitrogens with one attached hydrogen (secondary N) is 3. The Labute approximate surface area is 219 Å². The highest BCUT2D eigenvalue weighted by Crippen LogP contribution is 2.36. The molecule has 4 aromatic rings. The fourth-order valence-electron chi connectivity index (χ4n) is 3.14. The van der Waals surface area contributed by atoms with E-state index in [0.29, 0.717) is 46.2 Å². The molecule has 3 aromatic heterocycles. The monoisotopic (exact) mass is 622 g/mol. The second kappa shape index (κ2) is 11.6. The maximum absolute atomic E-state index is 11.8. The highest BCUT2D eigenvalue weighted by atomic mass is 127. The largest absolute Gasteiger partial charge is 0.352 e. The van der Waals surface area contributed by atoms with Crippen molar-refractivity contribution in [3.8, 4) is 6.07 Å². The number of pyridine rings is 2. The second-order valence-corrected chi connectivity index (χ2v) is 10.8. The van der Waals surface area contributed by atoms with E-state index in [1.54, 1.807) is 48.5 Å². The van der Waals surface area contributed by atoms with Crippen molar-refractivity contribution in [3.05, 3.63) is 60.0 Å². The second-order valence-electron chi connectivity index (χ2n) is 7.00. The molecule has 3 heterocycles. The smallest absolute Gasteiger partial charge is 0.229 e. The SMILES string of the molecule is CC.Cc1nc2c(Nc3ccccc3NS(C)(=O)=O)cc(Nc3cccc(C#N)n3)nc2n1PI. The van der Waals surface area contributed by atoms with Gasteiger partial charge in [-0.1, -0.05) is 32.0 Å². The van der Waals surface area contributed by atoms with E-state index < -0.39 is 10.0 Å². The lowest BCUT2D eigenvalue weighted by molar-refractivity contribution is 0.607. The normalized spacial score (nSPS) is 11.1. The predicted molar refractivity (Wildman–Crippen MR) is 152 cm³/mol. The van der Waals surface area contributed by atoms with E-state index in [9.17, 15) is 8.42 Å². The van der Waals surface area contributed by atoms with Crippen molar-refractivity contribution < 1.29 is 8.42 Å². The summed E-state index contributed by atoms with van der Waals surface area (Å²) in [5.74, 6) is 1.78. The van der Waals surface area contributed by atoms with E-state index in [4.69, 9.17) is 10.2 Å². The molecular formula is C22H24IN8O2PS. The van der Waals surface area contributed by atoms with Gasteiger partial charge in [-0.15, -0.1) is 0 Å². The fourth-order valence-corrected chi connectivity index (χ4v) is 5.86. The molecule has 0 spiro atoms. The number of para-hydroxylation sites is 2. The Kier molecular flexibility index (Phi) is 8.82. The number of hydrogen-bond donors (Lipinski definition) is 3. The molecule has 0 saturated carbocycles. The molecule has 0 bridgehead atoms. The zero-order chi connectivity index (χ0) is 25.6. The lowest BCUT2D eigenvalue weighted by Crippen LogP contribution is -2.11. The van der Waals surface area contributed by atoms with Gasteiger partial charge in [-0.05, 0) is 53.2 Å². The van der Waals surface area contributed by atoms with Crippen LogP contribution in [0.2, 0.25) is 0 Å². The molecule has 1 atom stereocenters. The zero-order valence-electron chi connectivity index (χ0n) is 19.5. The topological polar surface area (TPSA) is 138 Å². The van der Waals surface area contributed by atoms with Gasteiger partial charge in [0.15, 0.2) is 5.65 Å². The van der Waals surface area contributed by atoms with Gasteiger partial charge in [0.1, 0.15) is 34.7 Å². The third kappa shape index (κ3) is 6.56. The summed E-state index contributed by atoms with van der Waals surface area (Å²) in [7, 11) is -3.47. The molecule has 0 aliphatic heterocycles. The summed E-state index contributed by atoms with van der Waals surface area (Å²) in [5.41, 5.74) is 3.21. The molecule has 4 rings (SSSR count). The molecule has 0 aliphatic rings. The van der Waals surface area contributed by atoms with Crippen molar-refractivity contribution in [2.75, 3.05) is 21.6 Å². The van der Waals surface area contributed by atoms with Crippen molar-refractivity contribution in [2.45, 2.75) is 20.8 Å². The Morgan fingerprint density at radius 1 is 0.971 bits per heavy atom. The lowest BCUT2D eigenvalue weighted by atomic mass is 10.2. The molecule has 182 valence electrons. The number of imidazole rings is 1. The molecule has 3 N–H and O–H groups in total. The lowest BCUT2D eigenvalue weighted by Gasteiger charge is -2.14. The van der Waals surface area contributed by atoms with E-state index in [2.05, 4.69) is 47.4 Å². The first kappa shape index (κ1) is 26.6. The van der Waals surface area contributed by atoms with Crippen LogP contribution in [-0.2, 0) is 10.0 Å². The maximum atomic E-state index is 11.8. The molecule has 35 heavy (non-hydrogen) atoms.